The summed E-state index contributed by atoms with van der Waals surface area (Å²) in [4.78, 5) is 24.3. The normalized spacial score (nSPS) is 13.4. The Hall–Kier alpha value is -2.51. The minimum atomic E-state index is -0.469. The molecule has 0 aliphatic carbocycles. The number of rotatable bonds is 3. The first kappa shape index (κ1) is 17.9. The van der Waals surface area contributed by atoms with Crippen LogP contribution in [0.4, 0.5) is 15.2 Å². The van der Waals surface area contributed by atoms with Crippen LogP contribution in [0.15, 0.2) is 36.5 Å². The van der Waals surface area contributed by atoms with E-state index in [-0.39, 0.29) is 11.6 Å². The molecule has 5 nitrogen and oxygen atoms in total. The summed E-state index contributed by atoms with van der Waals surface area (Å²) in [5, 5.41) is 3.72. The predicted molar refractivity (Wildman–Crippen MR) is 104 cm³/mol. The molecule has 0 atom stereocenters. The van der Waals surface area contributed by atoms with E-state index in [2.05, 4.69) is 15.3 Å². The molecule has 1 amide bonds. The van der Waals surface area contributed by atoms with Crippen LogP contribution in [0.3, 0.4) is 0 Å². The summed E-state index contributed by atoms with van der Waals surface area (Å²) in [6.45, 7) is 2.97. The van der Waals surface area contributed by atoms with Crippen molar-refractivity contribution in [2.45, 2.75) is 19.9 Å². The number of thiazole rings is 1. The summed E-state index contributed by atoms with van der Waals surface area (Å²) >= 11 is 7.10. The standard InChI is InChI=1S/C19H16ClFN4OS/c1-11-17(18(26)25-8-6-15-12(10-25)3-2-7-22-15)24-19(27-11)23-16-5-4-13(20)9-14(16)21/h2-5,7,9H,6,8,10H2,1H3,(H,23,24). The highest BCUT2D eigenvalue weighted by molar-refractivity contribution is 7.15. The number of anilines is 2. The Morgan fingerprint density at radius 3 is 3.04 bits per heavy atom. The van der Waals surface area contributed by atoms with Crippen LogP contribution in [0.2, 0.25) is 5.02 Å². The van der Waals surface area contributed by atoms with Crippen LogP contribution < -0.4 is 5.32 Å². The van der Waals surface area contributed by atoms with E-state index in [0.717, 1.165) is 22.6 Å². The molecule has 1 N–H and O–H groups in total. The van der Waals surface area contributed by atoms with Crippen molar-refractivity contribution in [3.63, 3.8) is 0 Å². The second kappa shape index (κ2) is 7.25. The molecule has 0 spiro atoms. The molecule has 1 aliphatic rings. The van der Waals surface area contributed by atoms with E-state index in [1.807, 2.05) is 19.1 Å². The molecular formula is C19H16ClFN4OS. The number of carbonyl (C=O) groups is 1. The highest BCUT2D eigenvalue weighted by Crippen LogP contribution is 2.29. The lowest BCUT2D eigenvalue weighted by Gasteiger charge is -2.27. The molecule has 3 aromatic rings. The zero-order valence-corrected chi connectivity index (χ0v) is 16.1. The van der Waals surface area contributed by atoms with Gasteiger partial charge >= 0.3 is 0 Å². The number of nitrogens with one attached hydrogen (secondary N) is 1. The van der Waals surface area contributed by atoms with Gasteiger partial charge in [-0.05, 0) is 36.8 Å². The number of aromatic nitrogens is 2. The van der Waals surface area contributed by atoms with Gasteiger partial charge in [0.2, 0.25) is 0 Å². The van der Waals surface area contributed by atoms with Crippen molar-refractivity contribution < 1.29 is 9.18 Å². The Balaban J connectivity index is 1.54. The lowest BCUT2D eigenvalue weighted by molar-refractivity contribution is 0.0728. The van der Waals surface area contributed by atoms with Gasteiger partial charge in [-0.2, -0.15) is 0 Å². The van der Waals surface area contributed by atoms with Gasteiger partial charge in [0.1, 0.15) is 11.5 Å². The van der Waals surface area contributed by atoms with E-state index in [1.54, 1.807) is 23.2 Å². The molecule has 1 aliphatic heterocycles. The summed E-state index contributed by atoms with van der Waals surface area (Å²) in [6.07, 6.45) is 2.50. The fourth-order valence-corrected chi connectivity index (χ4v) is 4.02. The predicted octanol–water partition coefficient (Wildman–Crippen LogP) is 4.58. The molecule has 0 fully saturated rings. The van der Waals surface area contributed by atoms with Crippen molar-refractivity contribution in [3.05, 3.63) is 69.2 Å². The third kappa shape index (κ3) is 3.65. The van der Waals surface area contributed by atoms with Gasteiger partial charge in [0.15, 0.2) is 5.13 Å². The molecule has 4 rings (SSSR count). The van der Waals surface area contributed by atoms with Crippen LogP contribution in [0.25, 0.3) is 0 Å². The average molecular weight is 403 g/mol. The zero-order chi connectivity index (χ0) is 19.0. The monoisotopic (exact) mass is 402 g/mol. The minimum absolute atomic E-state index is 0.122. The SMILES string of the molecule is Cc1sc(Nc2ccc(Cl)cc2F)nc1C(=O)N1CCc2ncccc2C1. The lowest BCUT2D eigenvalue weighted by Crippen LogP contribution is -2.36. The van der Waals surface area contributed by atoms with Crippen molar-refractivity contribution in [1.29, 1.82) is 0 Å². The van der Waals surface area contributed by atoms with Gasteiger partial charge in [0.25, 0.3) is 5.91 Å². The summed E-state index contributed by atoms with van der Waals surface area (Å²) < 4.78 is 14.0. The fourth-order valence-electron chi connectivity index (χ4n) is 3.04. The maximum Gasteiger partial charge on any atom is 0.274 e. The van der Waals surface area contributed by atoms with Gasteiger partial charge < -0.3 is 10.2 Å². The number of aryl methyl sites for hydroxylation is 1. The van der Waals surface area contributed by atoms with Gasteiger partial charge in [0, 0.05) is 41.3 Å². The maximum absolute atomic E-state index is 14.0. The van der Waals surface area contributed by atoms with E-state index in [4.69, 9.17) is 11.6 Å². The van der Waals surface area contributed by atoms with Gasteiger partial charge in [-0.15, -0.1) is 11.3 Å². The van der Waals surface area contributed by atoms with E-state index in [1.165, 1.54) is 17.4 Å². The third-order valence-corrected chi connectivity index (χ3v) is 5.54. The Kier molecular flexibility index (Phi) is 4.80. The first-order chi connectivity index (χ1) is 13.0. The number of fused-ring (bicyclic) bond motifs is 1. The third-order valence-electron chi connectivity index (χ3n) is 4.42. The Bertz CT molecular complexity index is 1020. The lowest BCUT2D eigenvalue weighted by atomic mass is 10.1. The Morgan fingerprint density at radius 2 is 2.22 bits per heavy atom. The molecule has 0 saturated heterocycles. The number of amides is 1. The van der Waals surface area contributed by atoms with Crippen molar-refractivity contribution in [1.82, 2.24) is 14.9 Å². The van der Waals surface area contributed by atoms with Gasteiger partial charge in [0.05, 0.1) is 5.69 Å². The summed E-state index contributed by atoms with van der Waals surface area (Å²) in [6, 6.07) is 8.24. The molecule has 3 heterocycles. The van der Waals surface area contributed by atoms with Crippen LogP contribution in [-0.2, 0) is 13.0 Å². The molecule has 8 heteroatoms. The smallest absolute Gasteiger partial charge is 0.274 e. The number of hydrogen-bond acceptors (Lipinski definition) is 5. The zero-order valence-electron chi connectivity index (χ0n) is 14.5. The number of halogens is 2. The molecule has 138 valence electrons. The minimum Gasteiger partial charge on any atom is -0.332 e. The van der Waals surface area contributed by atoms with Crippen molar-refractivity contribution in [3.8, 4) is 0 Å². The Morgan fingerprint density at radius 1 is 1.37 bits per heavy atom. The molecule has 2 aromatic heterocycles. The number of pyridine rings is 1. The average Bonchev–Trinajstić information content (AvgIpc) is 3.03. The molecule has 0 unspecified atom stereocenters. The van der Waals surface area contributed by atoms with Gasteiger partial charge in [-0.25, -0.2) is 9.37 Å². The first-order valence-corrected chi connectivity index (χ1v) is 9.62. The first-order valence-electron chi connectivity index (χ1n) is 8.43. The highest BCUT2D eigenvalue weighted by atomic mass is 35.5. The maximum atomic E-state index is 14.0. The summed E-state index contributed by atoms with van der Waals surface area (Å²) in [7, 11) is 0. The molecule has 0 radical (unpaired) electrons. The number of carbonyl (C=O) groups excluding carboxylic acids is 1. The van der Waals surface area contributed by atoms with E-state index >= 15 is 0 Å². The van der Waals surface area contributed by atoms with E-state index in [0.29, 0.717) is 28.9 Å². The van der Waals surface area contributed by atoms with E-state index in [9.17, 15) is 9.18 Å². The molecule has 0 saturated carbocycles. The van der Waals surface area contributed by atoms with Crippen molar-refractivity contribution >= 4 is 39.7 Å². The van der Waals surface area contributed by atoms with Crippen LogP contribution >= 0.6 is 22.9 Å². The van der Waals surface area contributed by atoms with E-state index < -0.39 is 5.82 Å². The highest BCUT2D eigenvalue weighted by Gasteiger charge is 2.26. The second-order valence-corrected chi connectivity index (χ2v) is 7.90. The summed E-state index contributed by atoms with van der Waals surface area (Å²) in [5.74, 6) is -0.591. The summed E-state index contributed by atoms with van der Waals surface area (Å²) in [5.41, 5.74) is 2.76. The number of benzene rings is 1. The van der Waals surface area contributed by atoms with Crippen LogP contribution in [0, 0.1) is 12.7 Å². The molecule has 0 bridgehead atoms. The topological polar surface area (TPSA) is 58.1 Å². The van der Waals surface area contributed by atoms with Gasteiger partial charge in [-0.3, -0.25) is 9.78 Å². The van der Waals surface area contributed by atoms with Crippen LogP contribution in [0.1, 0.15) is 26.6 Å². The quantitative estimate of drug-likeness (QED) is 0.696. The number of hydrogen-bond donors (Lipinski definition) is 1. The molecule has 1 aromatic carbocycles. The van der Waals surface area contributed by atoms with Crippen molar-refractivity contribution in [2.24, 2.45) is 0 Å². The number of nitrogens with zero attached hydrogens (tertiary/aromatic N) is 3. The van der Waals surface area contributed by atoms with Crippen LogP contribution in [0.5, 0.6) is 0 Å². The van der Waals surface area contributed by atoms with Gasteiger partial charge in [-0.1, -0.05) is 17.7 Å². The molecule has 27 heavy (non-hydrogen) atoms. The van der Waals surface area contributed by atoms with Crippen molar-refractivity contribution in [2.75, 3.05) is 11.9 Å². The molecular weight excluding hydrogens is 387 g/mol. The Labute approximate surface area is 164 Å². The van der Waals surface area contributed by atoms with Crippen LogP contribution in [-0.4, -0.2) is 27.3 Å². The largest absolute Gasteiger partial charge is 0.332 e. The fraction of sp³-hybridized carbons (Fsp3) is 0.211. The second-order valence-electron chi connectivity index (χ2n) is 6.26.